The quantitative estimate of drug-likeness (QED) is 0.564. The van der Waals surface area contributed by atoms with Gasteiger partial charge >= 0.3 is 5.97 Å². The van der Waals surface area contributed by atoms with E-state index in [0.29, 0.717) is 13.0 Å². The molecule has 116 valence electrons. The molecule has 1 atom stereocenters. The topological polar surface area (TPSA) is 29.5 Å². The first-order chi connectivity index (χ1) is 10.2. The van der Waals surface area contributed by atoms with Gasteiger partial charge in [-0.3, -0.25) is 4.79 Å². The fraction of sp³-hybridized carbons (Fsp3) is 0.611. The summed E-state index contributed by atoms with van der Waals surface area (Å²) in [6.07, 6.45) is 4.91. The average Bonchev–Trinajstić information content (AvgIpc) is 2.47. The number of benzene rings is 1. The molecule has 0 saturated carbocycles. The molecule has 0 amide bonds. The molecular weight excluding hydrogens is 262 g/mol. The summed E-state index contributed by atoms with van der Waals surface area (Å²) in [5.41, 5.74) is 2.88. The van der Waals surface area contributed by atoms with E-state index in [1.807, 2.05) is 6.92 Å². The fourth-order valence-corrected chi connectivity index (χ4v) is 3.10. The van der Waals surface area contributed by atoms with Crippen LogP contribution in [0.15, 0.2) is 24.3 Å². The molecule has 2 rings (SSSR count). The molecular formula is C18H27NO2. The van der Waals surface area contributed by atoms with Crippen molar-refractivity contribution in [1.29, 1.82) is 0 Å². The Labute approximate surface area is 128 Å². The second-order valence-electron chi connectivity index (χ2n) is 6.00. The first-order valence-electron chi connectivity index (χ1n) is 8.19. The van der Waals surface area contributed by atoms with Gasteiger partial charge in [0, 0.05) is 25.2 Å². The van der Waals surface area contributed by atoms with E-state index in [-0.39, 0.29) is 5.97 Å². The van der Waals surface area contributed by atoms with Gasteiger partial charge in [-0.25, -0.2) is 0 Å². The number of carbonyl (C=O) groups excluding carboxylic acids is 1. The lowest BCUT2D eigenvalue weighted by Crippen LogP contribution is -2.35. The predicted octanol–water partition coefficient (Wildman–Crippen LogP) is 3.81. The zero-order chi connectivity index (χ0) is 15.1. The normalized spacial score (nSPS) is 17.4. The third kappa shape index (κ3) is 4.76. The number of ether oxygens (including phenoxy) is 1. The molecule has 1 aliphatic rings. The van der Waals surface area contributed by atoms with E-state index in [1.165, 1.54) is 17.7 Å². The van der Waals surface area contributed by atoms with Crippen molar-refractivity contribution in [3.63, 3.8) is 0 Å². The minimum atomic E-state index is -0.0607. The Hall–Kier alpha value is -1.51. The molecule has 0 radical (unpaired) electrons. The first kappa shape index (κ1) is 15.9. The highest BCUT2D eigenvalue weighted by Gasteiger charge is 2.20. The summed E-state index contributed by atoms with van der Waals surface area (Å²) < 4.78 is 4.95. The van der Waals surface area contributed by atoms with Gasteiger partial charge in [0.25, 0.3) is 0 Å². The zero-order valence-corrected chi connectivity index (χ0v) is 13.3. The third-order valence-corrected chi connectivity index (χ3v) is 4.05. The maximum absolute atomic E-state index is 11.3. The van der Waals surface area contributed by atoms with Crippen LogP contribution in [0.4, 0.5) is 5.69 Å². The van der Waals surface area contributed by atoms with E-state index in [9.17, 15) is 4.79 Å². The van der Waals surface area contributed by atoms with Crippen LogP contribution in [0, 0.1) is 5.92 Å². The van der Waals surface area contributed by atoms with E-state index in [4.69, 9.17) is 4.74 Å². The molecule has 1 aromatic rings. The van der Waals surface area contributed by atoms with Gasteiger partial charge in [-0.2, -0.15) is 0 Å². The number of para-hydroxylation sites is 1. The average molecular weight is 289 g/mol. The van der Waals surface area contributed by atoms with Crippen LogP contribution in [-0.2, 0) is 16.0 Å². The molecule has 21 heavy (non-hydrogen) atoms. The van der Waals surface area contributed by atoms with Gasteiger partial charge in [0.05, 0.1) is 6.61 Å². The summed E-state index contributed by atoms with van der Waals surface area (Å²) in [4.78, 5) is 13.8. The largest absolute Gasteiger partial charge is 0.466 e. The summed E-state index contributed by atoms with van der Waals surface area (Å²) in [7, 11) is 0. The summed E-state index contributed by atoms with van der Waals surface area (Å²) in [5, 5.41) is 0. The van der Waals surface area contributed by atoms with Gasteiger partial charge in [-0.1, -0.05) is 31.5 Å². The summed E-state index contributed by atoms with van der Waals surface area (Å²) in [6, 6.07) is 8.75. The Morgan fingerprint density at radius 3 is 2.90 bits per heavy atom. The second kappa shape index (κ2) is 8.06. The lowest BCUT2D eigenvalue weighted by Gasteiger charge is -2.35. The number of anilines is 1. The number of hydrogen-bond donors (Lipinski definition) is 0. The van der Waals surface area contributed by atoms with Crippen LogP contribution in [0.25, 0.3) is 0 Å². The van der Waals surface area contributed by atoms with Gasteiger partial charge < -0.3 is 9.64 Å². The van der Waals surface area contributed by atoms with Crippen LogP contribution in [0.3, 0.4) is 0 Å². The number of esters is 1. The minimum Gasteiger partial charge on any atom is -0.466 e. The highest BCUT2D eigenvalue weighted by Crippen LogP contribution is 2.29. The van der Waals surface area contributed by atoms with Crippen molar-refractivity contribution in [2.75, 3.05) is 24.6 Å². The van der Waals surface area contributed by atoms with E-state index >= 15 is 0 Å². The van der Waals surface area contributed by atoms with Gasteiger partial charge in [0.1, 0.15) is 0 Å². The summed E-state index contributed by atoms with van der Waals surface area (Å²) in [5.74, 6) is 0.661. The van der Waals surface area contributed by atoms with Crippen molar-refractivity contribution >= 4 is 11.7 Å². The molecule has 1 aliphatic heterocycles. The fourth-order valence-electron chi connectivity index (χ4n) is 3.10. The number of rotatable bonds is 7. The number of hydrogen-bond acceptors (Lipinski definition) is 3. The maximum Gasteiger partial charge on any atom is 0.305 e. The van der Waals surface area contributed by atoms with Crippen molar-refractivity contribution < 1.29 is 9.53 Å². The molecule has 0 aliphatic carbocycles. The monoisotopic (exact) mass is 289 g/mol. The molecule has 0 bridgehead atoms. The molecule has 3 heteroatoms. The molecule has 0 fully saturated rings. The Kier molecular flexibility index (Phi) is 6.09. The summed E-state index contributed by atoms with van der Waals surface area (Å²) >= 11 is 0. The van der Waals surface area contributed by atoms with Crippen molar-refractivity contribution in [2.45, 2.75) is 46.0 Å². The Morgan fingerprint density at radius 2 is 2.10 bits per heavy atom. The van der Waals surface area contributed by atoms with Crippen molar-refractivity contribution in [3.05, 3.63) is 29.8 Å². The van der Waals surface area contributed by atoms with E-state index in [2.05, 4.69) is 36.1 Å². The third-order valence-electron chi connectivity index (χ3n) is 4.05. The van der Waals surface area contributed by atoms with E-state index < -0.39 is 0 Å². The van der Waals surface area contributed by atoms with Crippen LogP contribution in [0.2, 0.25) is 0 Å². The Balaban J connectivity index is 1.75. The van der Waals surface area contributed by atoms with Crippen molar-refractivity contribution in [3.8, 4) is 0 Å². The second-order valence-corrected chi connectivity index (χ2v) is 6.00. The van der Waals surface area contributed by atoms with Crippen molar-refractivity contribution in [2.24, 2.45) is 5.92 Å². The minimum absolute atomic E-state index is 0.0607. The maximum atomic E-state index is 11.3. The van der Waals surface area contributed by atoms with Crippen LogP contribution in [-0.4, -0.2) is 25.7 Å². The van der Waals surface area contributed by atoms with Crippen LogP contribution in [0.5, 0.6) is 0 Å². The van der Waals surface area contributed by atoms with Crippen LogP contribution >= 0.6 is 0 Å². The van der Waals surface area contributed by atoms with Crippen LogP contribution in [0.1, 0.15) is 45.1 Å². The highest BCUT2D eigenvalue weighted by molar-refractivity contribution is 5.69. The molecule has 0 N–H and O–H groups in total. The molecule has 1 unspecified atom stereocenters. The molecule has 0 aromatic heterocycles. The smallest absolute Gasteiger partial charge is 0.305 e. The van der Waals surface area contributed by atoms with Gasteiger partial charge in [0.2, 0.25) is 0 Å². The van der Waals surface area contributed by atoms with Crippen molar-refractivity contribution in [1.82, 2.24) is 0 Å². The van der Waals surface area contributed by atoms with Gasteiger partial charge in [-0.05, 0) is 43.7 Å². The molecule has 1 aromatic carbocycles. The zero-order valence-electron chi connectivity index (χ0n) is 13.3. The number of nitrogens with zero attached hydrogens (tertiary/aromatic N) is 1. The predicted molar refractivity (Wildman–Crippen MR) is 86.6 cm³/mol. The van der Waals surface area contributed by atoms with E-state index in [0.717, 1.165) is 38.3 Å². The van der Waals surface area contributed by atoms with E-state index in [1.54, 1.807) is 0 Å². The van der Waals surface area contributed by atoms with Gasteiger partial charge in [-0.15, -0.1) is 0 Å². The lowest BCUT2D eigenvalue weighted by atomic mass is 9.93. The standard InChI is InChI=1S/C18H27NO2/c1-3-21-18(20)11-5-4-8-12-19-14-15(2)13-16-9-6-7-10-17(16)19/h6-7,9-10,15H,3-5,8,11-14H2,1-2H3. The SMILES string of the molecule is CCOC(=O)CCCCCN1CC(C)Cc2ccccc21. The number of fused-ring (bicyclic) bond motifs is 1. The molecule has 3 nitrogen and oxygen atoms in total. The molecule has 0 spiro atoms. The Bertz CT molecular complexity index is 458. The Morgan fingerprint density at radius 1 is 1.29 bits per heavy atom. The van der Waals surface area contributed by atoms with Gasteiger partial charge in [0.15, 0.2) is 0 Å². The summed E-state index contributed by atoms with van der Waals surface area (Å²) in [6.45, 7) is 6.90. The highest BCUT2D eigenvalue weighted by atomic mass is 16.5. The first-order valence-corrected chi connectivity index (χ1v) is 8.19. The molecule has 0 saturated heterocycles. The lowest BCUT2D eigenvalue weighted by molar-refractivity contribution is -0.143. The number of carbonyl (C=O) groups is 1. The van der Waals surface area contributed by atoms with Crippen LogP contribution < -0.4 is 4.90 Å². The number of unbranched alkanes of at least 4 members (excludes halogenated alkanes) is 2. The molecule has 1 heterocycles.